The van der Waals surface area contributed by atoms with Crippen LogP contribution in [0, 0.1) is 5.92 Å². The Kier molecular flexibility index (Phi) is 2.45. The topological polar surface area (TPSA) is 29.9 Å². The summed E-state index contributed by atoms with van der Waals surface area (Å²) in [5, 5.41) is 7.52. The lowest BCUT2D eigenvalue weighted by molar-refractivity contribution is 0.639. The summed E-state index contributed by atoms with van der Waals surface area (Å²) in [6, 6.07) is 0. The molecular formula is C10H15N3. The van der Waals surface area contributed by atoms with Gasteiger partial charge in [-0.2, -0.15) is 5.10 Å². The Balaban J connectivity index is 1.75. The standard InChI is InChI=1S/C10H15N3/c1-2-13-8-10(7-12-13)6-11-5-9-3-4-9/h2,7-9,11H,1,3-6H2. The highest BCUT2D eigenvalue weighted by Crippen LogP contribution is 2.27. The number of aromatic nitrogens is 2. The average molecular weight is 177 g/mol. The van der Waals surface area contributed by atoms with Gasteiger partial charge in [-0.1, -0.05) is 6.58 Å². The summed E-state index contributed by atoms with van der Waals surface area (Å²) in [6.45, 7) is 5.72. The van der Waals surface area contributed by atoms with Gasteiger partial charge in [0.05, 0.1) is 6.20 Å². The van der Waals surface area contributed by atoms with E-state index in [4.69, 9.17) is 0 Å². The summed E-state index contributed by atoms with van der Waals surface area (Å²) in [7, 11) is 0. The number of nitrogens with zero attached hydrogens (tertiary/aromatic N) is 2. The predicted octanol–water partition coefficient (Wildman–Crippen LogP) is 1.48. The molecule has 0 bridgehead atoms. The first kappa shape index (κ1) is 8.51. The van der Waals surface area contributed by atoms with Gasteiger partial charge in [0, 0.05) is 24.5 Å². The van der Waals surface area contributed by atoms with Gasteiger partial charge in [0.25, 0.3) is 0 Å². The molecule has 0 aromatic carbocycles. The van der Waals surface area contributed by atoms with E-state index in [1.165, 1.54) is 18.4 Å². The van der Waals surface area contributed by atoms with E-state index < -0.39 is 0 Å². The van der Waals surface area contributed by atoms with Crippen LogP contribution < -0.4 is 5.32 Å². The molecule has 2 rings (SSSR count). The average Bonchev–Trinajstić information content (AvgIpc) is 2.84. The monoisotopic (exact) mass is 177 g/mol. The van der Waals surface area contributed by atoms with Gasteiger partial charge in [-0.15, -0.1) is 0 Å². The molecule has 1 fully saturated rings. The van der Waals surface area contributed by atoms with Crippen molar-refractivity contribution in [3.05, 3.63) is 24.5 Å². The Morgan fingerprint density at radius 2 is 2.54 bits per heavy atom. The zero-order valence-corrected chi connectivity index (χ0v) is 7.74. The molecule has 3 nitrogen and oxygen atoms in total. The molecular weight excluding hydrogens is 162 g/mol. The molecule has 0 spiro atoms. The molecule has 1 N–H and O–H groups in total. The molecule has 1 heterocycles. The minimum atomic E-state index is 0.921. The molecule has 0 amide bonds. The molecule has 0 aliphatic heterocycles. The molecule has 1 aliphatic rings. The molecule has 1 aromatic rings. The van der Waals surface area contributed by atoms with Crippen molar-refractivity contribution in [3.8, 4) is 0 Å². The molecule has 1 aromatic heterocycles. The van der Waals surface area contributed by atoms with Gasteiger partial charge in [-0.25, -0.2) is 4.68 Å². The van der Waals surface area contributed by atoms with Gasteiger partial charge in [0.15, 0.2) is 0 Å². The van der Waals surface area contributed by atoms with Crippen molar-refractivity contribution in [1.29, 1.82) is 0 Å². The van der Waals surface area contributed by atoms with Crippen LogP contribution in [0.2, 0.25) is 0 Å². The Morgan fingerprint density at radius 3 is 3.15 bits per heavy atom. The third-order valence-electron chi connectivity index (χ3n) is 2.30. The molecule has 0 unspecified atom stereocenters. The largest absolute Gasteiger partial charge is 0.312 e. The van der Waals surface area contributed by atoms with Crippen LogP contribution in [0.1, 0.15) is 18.4 Å². The molecule has 1 saturated carbocycles. The van der Waals surface area contributed by atoms with Crippen LogP contribution in [0.3, 0.4) is 0 Å². The number of hydrogen-bond donors (Lipinski definition) is 1. The van der Waals surface area contributed by atoms with E-state index in [9.17, 15) is 0 Å². The summed E-state index contributed by atoms with van der Waals surface area (Å²) in [5.74, 6) is 0.939. The zero-order valence-electron chi connectivity index (χ0n) is 7.74. The Morgan fingerprint density at radius 1 is 1.69 bits per heavy atom. The maximum Gasteiger partial charge on any atom is 0.0538 e. The first-order valence-corrected chi connectivity index (χ1v) is 4.75. The van der Waals surface area contributed by atoms with E-state index in [0.717, 1.165) is 19.0 Å². The fraction of sp³-hybridized carbons (Fsp3) is 0.500. The maximum absolute atomic E-state index is 4.11. The number of hydrogen-bond acceptors (Lipinski definition) is 2. The Hall–Kier alpha value is -1.09. The maximum atomic E-state index is 4.11. The minimum absolute atomic E-state index is 0.921. The fourth-order valence-corrected chi connectivity index (χ4v) is 1.31. The molecule has 13 heavy (non-hydrogen) atoms. The lowest BCUT2D eigenvalue weighted by atomic mass is 10.3. The van der Waals surface area contributed by atoms with Crippen LogP contribution in [0.4, 0.5) is 0 Å². The van der Waals surface area contributed by atoms with Crippen LogP contribution in [0.5, 0.6) is 0 Å². The summed E-state index contributed by atoms with van der Waals surface area (Å²) in [6.07, 6.45) is 8.37. The van der Waals surface area contributed by atoms with Gasteiger partial charge in [-0.05, 0) is 25.3 Å². The minimum Gasteiger partial charge on any atom is -0.312 e. The molecule has 70 valence electrons. The lowest BCUT2D eigenvalue weighted by Crippen LogP contribution is -2.15. The first-order chi connectivity index (χ1) is 6.38. The van der Waals surface area contributed by atoms with E-state index in [0.29, 0.717) is 0 Å². The van der Waals surface area contributed by atoms with Crippen LogP contribution in [-0.4, -0.2) is 16.3 Å². The van der Waals surface area contributed by atoms with Crippen molar-refractivity contribution >= 4 is 6.20 Å². The lowest BCUT2D eigenvalue weighted by Gasteiger charge is -1.99. The Labute approximate surface area is 78.4 Å². The third kappa shape index (κ3) is 2.42. The third-order valence-corrected chi connectivity index (χ3v) is 2.30. The van der Waals surface area contributed by atoms with E-state index in [1.807, 2.05) is 12.4 Å². The van der Waals surface area contributed by atoms with Crippen LogP contribution in [0.25, 0.3) is 6.20 Å². The second kappa shape index (κ2) is 3.75. The zero-order chi connectivity index (χ0) is 9.10. The van der Waals surface area contributed by atoms with E-state index in [1.54, 1.807) is 10.9 Å². The highest BCUT2D eigenvalue weighted by molar-refractivity contribution is 5.17. The molecule has 3 heteroatoms. The first-order valence-electron chi connectivity index (χ1n) is 4.75. The van der Waals surface area contributed by atoms with Crippen molar-refractivity contribution in [1.82, 2.24) is 15.1 Å². The second-order valence-electron chi connectivity index (χ2n) is 3.59. The van der Waals surface area contributed by atoms with Gasteiger partial charge in [0.1, 0.15) is 0 Å². The highest BCUT2D eigenvalue weighted by atomic mass is 15.2. The summed E-state index contributed by atoms with van der Waals surface area (Å²) < 4.78 is 1.73. The van der Waals surface area contributed by atoms with Crippen molar-refractivity contribution < 1.29 is 0 Å². The highest BCUT2D eigenvalue weighted by Gasteiger charge is 2.20. The van der Waals surface area contributed by atoms with Crippen LogP contribution >= 0.6 is 0 Å². The number of rotatable bonds is 5. The van der Waals surface area contributed by atoms with Crippen molar-refractivity contribution in [3.63, 3.8) is 0 Å². The number of nitrogens with one attached hydrogen (secondary N) is 1. The fourth-order valence-electron chi connectivity index (χ4n) is 1.31. The molecule has 0 radical (unpaired) electrons. The quantitative estimate of drug-likeness (QED) is 0.738. The van der Waals surface area contributed by atoms with E-state index in [2.05, 4.69) is 17.0 Å². The van der Waals surface area contributed by atoms with Crippen LogP contribution in [0.15, 0.2) is 19.0 Å². The molecule has 0 saturated heterocycles. The van der Waals surface area contributed by atoms with Crippen molar-refractivity contribution in [2.24, 2.45) is 5.92 Å². The van der Waals surface area contributed by atoms with E-state index >= 15 is 0 Å². The summed E-state index contributed by atoms with van der Waals surface area (Å²) in [4.78, 5) is 0. The van der Waals surface area contributed by atoms with Crippen LogP contribution in [-0.2, 0) is 6.54 Å². The van der Waals surface area contributed by atoms with Gasteiger partial charge < -0.3 is 5.32 Å². The van der Waals surface area contributed by atoms with Crippen molar-refractivity contribution in [2.45, 2.75) is 19.4 Å². The normalized spacial score (nSPS) is 16.0. The van der Waals surface area contributed by atoms with Gasteiger partial charge >= 0.3 is 0 Å². The summed E-state index contributed by atoms with van der Waals surface area (Å²) in [5.41, 5.74) is 1.22. The van der Waals surface area contributed by atoms with Crippen molar-refractivity contribution in [2.75, 3.05) is 6.54 Å². The Bertz CT molecular complexity index is 286. The predicted molar refractivity (Wildman–Crippen MR) is 53.0 cm³/mol. The van der Waals surface area contributed by atoms with Gasteiger partial charge in [0.2, 0.25) is 0 Å². The van der Waals surface area contributed by atoms with E-state index in [-0.39, 0.29) is 0 Å². The summed E-state index contributed by atoms with van der Waals surface area (Å²) >= 11 is 0. The SMILES string of the molecule is C=Cn1cc(CNCC2CC2)cn1. The second-order valence-corrected chi connectivity index (χ2v) is 3.59. The smallest absolute Gasteiger partial charge is 0.0538 e. The molecule has 1 aliphatic carbocycles. The van der Waals surface area contributed by atoms with Gasteiger partial charge in [-0.3, -0.25) is 0 Å². The molecule has 0 atom stereocenters.